The number of carbonyl (C=O) groups excluding carboxylic acids is 1. The minimum Gasteiger partial charge on any atom is -0.340 e. The van der Waals surface area contributed by atoms with Crippen LogP contribution in [0.5, 0.6) is 0 Å². The van der Waals surface area contributed by atoms with Crippen LogP contribution in [0.2, 0.25) is 5.02 Å². The molecule has 1 fully saturated rings. The third-order valence-corrected chi connectivity index (χ3v) is 4.56. The normalized spacial score (nSPS) is 17.8. The molecule has 0 spiro atoms. The predicted octanol–water partition coefficient (Wildman–Crippen LogP) is 3.29. The molecule has 23 heavy (non-hydrogen) atoms. The number of hydrogen-bond donors (Lipinski definition) is 1. The number of amides is 1. The Morgan fingerprint density at radius 1 is 1.30 bits per heavy atom. The van der Waals surface area contributed by atoms with E-state index >= 15 is 0 Å². The van der Waals surface area contributed by atoms with Gasteiger partial charge in [-0.1, -0.05) is 17.7 Å². The molecule has 6 heteroatoms. The number of benzene rings is 1. The first-order chi connectivity index (χ1) is 11.1. The number of aromatic nitrogens is 2. The van der Waals surface area contributed by atoms with Gasteiger partial charge in [-0.25, -0.2) is 9.97 Å². The molecule has 1 aliphatic rings. The van der Waals surface area contributed by atoms with Crippen LogP contribution in [-0.2, 0) is 4.79 Å². The maximum atomic E-state index is 12.6. The van der Waals surface area contributed by atoms with E-state index in [2.05, 4.69) is 20.2 Å². The van der Waals surface area contributed by atoms with Gasteiger partial charge < -0.3 is 10.2 Å². The molecule has 1 N–H and O–H groups in total. The molecule has 3 rings (SSSR count). The van der Waals surface area contributed by atoms with E-state index < -0.39 is 0 Å². The van der Waals surface area contributed by atoms with Crippen LogP contribution in [0.25, 0.3) is 0 Å². The second-order valence-corrected chi connectivity index (χ2v) is 6.14. The lowest BCUT2D eigenvalue weighted by Gasteiger charge is -2.32. The first kappa shape index (κ1) is 15.7. The van der Waals surface area contributed by atoms with Crippen molar-refractivity contribution in [2.45, 2.75) is 19.8 Å². The number of hydrogen-bond acceptors (Lipinski definition) is 4. The monoisotopic (exact) mass is 330 g/mol. The zero-order chi connectivity index (χ0) is 16.2. The highest BCUT2D eigenvalue weighted by Crippen LogP contribution is 2.25. The van der Waals surface area contributed by atoms with Crippen molar-refractivity contribution in [2.24, 2.45) is 5.92 Å². The first-order valence-corrected chi connectivity index (χ1v) is 8.11. The quantitative estimate of drug-likeness (QED) is 0.938. The highest BCUT2D eigenvalue weighted by molar-refractivity contribution is 6.31. The molecule has 1 aromatic heterocycles. The van der Waals surface area contributed by atoms with E-state index in [1.807, 2.05) is 25.1 Å². The minimum atomic E-state index is -0.0778. The molecule has 1 aliphatic heterocycles. The summed E-state index contributed by atoms with van der Waals surface area (Å²) < 4.78 is 0. The lowest BCUT2D eigenvalue weighted by Crippen LogP contribution is -2.41. The molecule has 5 nitrogen and oxygen atoms in total. The van der Waals surface area contributed by atoms with Gasteiger partial charge in [-0.15, -0.1) is 0 Å². The van der Waals surface area contributed by atoms with Gasteiger partial charge >= 0.3 is 0 Å². The summed E-state index contributed by atoms with van der Waals surface area (Å²) in [5, 5.41) is 3.66. The van der Waals surface area contributed by atoms with Gasteiger partial charge in [0.25, 0.3) is 0 Å². The SMILES string of the molecule is Cc1c(Cl)cccc1NC(=O)C1CCCN(c2ncccn2)C1. The Hall–Kier alpha value is -2.14. The molecule has 0 bridgehead atoms. The maximum absolute atomic E-state index is 12.6. The number of nitrogens with one attached hydrogen (secondary N) is 1. The average molecular weight is 331 g/mol. The fraction of sp³-hybridized carbons (Fsp3) is 0.353. The summed E-state index contributed by atoms with van der Waals surface area (Å²) >= 11 is 6.11. The Bertz CT molecular complexity index is 692. The van der Waals surface area contributed by atoms with Crippen molar-refractivity contribution in [3.63, 3.8) is 0 Å². The predicted molar refractivity (Wildman–Crippen MR) is 91.8 cm³/mol. The topological polar surface area (TPSA) is 58.1 Å². The van der Waals surface area contributed by atoms with E-state index in [0.717, 1.165) is 30.6 Å². The van der Waals surface area contributed by atoms with Gasteiger partial charge in [-0.3, -0.25) is 4.79 Å². The summed E-state index contributed by atoms with van der Waals surface area (Å²) in [7, 11) is 0. The Balaban J connectivity index is 1.69. The summed E-state index contributed by atoms with van der Waals surface area (Å²) in [4.78, 5) is 23.2. The van der Waals surface area contributed by atoms with Crippen LogP contribution in [0, 0.1) is 12.8 Å². The standard InChI is InChI=1S/C17H19ClN4O/c1-12-14(18)6-2-7-15(12)21-16(23)13-5-3-10-22(11-13)17-19-8-4-9-20-17/h2,4,6-9,13H,3,5,10-11H2,1H3,(H,21,23). The summed E-state index contributed by atoms with van der Waals surface area (Å²) in [6.45, 7) is 3.42. The van der Waals surface area contributed by atoms with Crippen molar-refractivity contribution >= 4 is 29.1 Å². The summed E-state index contributed by atoms with van der Waals surface area (Å²) in [5.74, 6) is 0.630. The van der Waals surface area contributed by atoms with Crippen LogP contribution >= 0.6 is 11.6 Å². The highest BCUT2D eigenvalue weighted by atomic mass is 35.5. The van der Waals surface area contributed by atoms with Gasteiger partial charge in [0.05, 0.1) is 5.92 Å². The van der Waals surface area contributed by atoms with Gasteiger partial charge in [0.1, 0.15) is 0 Å². The Morgan fingerprint density at radius 3 is 2.87 bits per heavy atom. The van der Waals surface area contributed by atoms with Crippen molar-refractivity contribution in [1.29, 1.82) is 0 Å². The molecule has 2 aromatic rings. The van der Waals surface area contributed by atoms with Crippen molar-refractivity contribution in [1.82, 2.24) is 9.97 Å². The third-order valence-electron chi connectivity index (χ3n) is 4.15. The third kappa shape index (κ3) is 3.62. The summed E-state index contributed by atoms with van der Waals surface area (Å²) in [5.41, 5.74) is 1.66. The zero-order valence-corrected chi connectivity index (χ0v) is 13.8. The average Bonchev–Trinajstić information content (AvgIpc) is 2.60. The fourth-order valence-electron chi connectivity index (χ4n) is 2.81. The molecule has 1 aromatic carbocycles. The van der Waals surface area contributed by atoms with Crippen LogP contribution < -0.4 is 10.2 Å². The Labute approximate surface area is 140 Å². The van der Waals surface area contributed by atoms with Crippen LogP contribution in [0.3, 0.4) is 0 Å². The van der Waals surface area contributed by atoms with Crippen molar-refractivity contribution in [3.8, 4) is 0 Å². The van der Waals surface area contributed by atoms with Crippen molar-refractivity contribution < 1.29 is 4.79 Å². The molecule has 1 saturated heterocycles. The summed E-state index contributed by atoms with van der Waals surface area (Å²) in [6, 6.07) is 7.33. The molecule has 1 atom stereocenters. The number of halogens is 1. The second kappa shape index (κ2) is 6.96. The van der Waals surface area contributed by atoms with Crippen LogP contribution in [-0.4, -0.2) is 29.0 Å². The lowest BCUT2D eigenvalue weighted by molar-refractivity contribution is -0.120. The largest absolute Gasteiger partial charge is 0.340 e. The van der Waals surface area contributed by atoms with E-state index in [-0.39, 0.29) is 11.8 Å². The molecule has 1 amide bonds. The molecular formula is C17H19ClN4O. The zero-order valence-electron chi connectivity index (χ0n) is 13.0. The molecule has 0 radical (unpaired) electrons. The van der Waals surface area contributed by atoms with E-state index in [1.54, 1.807) is 18.5 Å². The van der Waals surface area contributed by atoms with Gasteiger partial charge in [0.2, 0.25) is 11.9 Å². The smallest absolute Gasteiger partial charge is 0.229 e. The van der Waals surface area contributed by atoms with Gasteiger partial charge in [-0.05, 0) is 43.5 Å². The number of nitrogens with zero attached hydrogens (tertiary/aromatic N) is 3. The van der Waals surface area contributed by atoms with Crippen LogP contribution in [0.4, 0.5) is 11.6 Å². The van der Waals surface area contributed by atoms with E-state index in [0.29, 0.717) is 17.5 Å². The molecule has 1 unspecified atom stereocenters. The van der Waals surface area contributed by atoms with Gasteiger partial charge in [0, 0.05) is 36.2 Å². The van der Waals surface area contributed by atoms with E-state index in [1.165, 1.54) is 0 Å². The molecule has 0 saturated carbocycles. The molecular weight excluding hydrogens is 312 g/mol. The Morgan fingerprint density at radius 2 is 2.09 bits per heavy atom. The fourth-order valence-corrected chi connectivity index (χ4v) is 2.98. The number of piperidine rings is 1. The number of rotatable bonds is 3. The van der Waals surface area contributed by atoms with Crippen molar-refractivity contribution in [3.05, 3.63) is 47.2 Å². The van der Waals surface area contributed by atoms with E-state index in [9.17, 15) is 4.79 Å². The molecule has 0 aliphatic carbocycles. The highest BCUT2D eigenvalue weighted by Gasteiger charge is 2.27. The van der Waals surface area contributed by atoms with Gasteiger partial charge in [0.15, 0.2) is 0 Å². The summed E-state index contributed by atoms with van der Waals surface area (Å²) in [6.07, 6.45) is 5.27. The minimum absolute atomic E-state index is 0.0241. The lowest BCUT2D eigenvalue weighted by atomic mass is 9.97. The number of carbonyl (C=O) groups is 1. The molecule has 2 heterocycles. The second-order valence-electron chi connectivity index (χ2n) is 5.74. The number of anilines is 2. The first-order valence-electron chi connectivity index (χ1n) is 7.73. The van der Waals surface area contributed by atoms with E-state index in [4.69, 9.17) is 11.6 Å². The van der Waals surface area contributed by atoms with Crippen molar-refractivity contribution in [2.75, 3.05) is 23.3 Å². The molecule has 120 valence electrons. The van der Waals surface area contributed by atoms with Gasteiger partial charge in [-0.2, -0.15) is 0 Å². The van der Waals surface area contributed by atoms with Crippen LogP contribution in [0.1, 0.15) is 18.4 Å². The van der Waals surface area contributed by atoms with Crippen LogP contribution in [0.15, 0.2) is 36.7 Å². The Kier molecular flexibility index (Phi) is 4.76. The maximum Gasteiger partial charge on any atom is 0.229 e.